The second kappa shape index (κ2) is 11.8. The molecule has 1 atom stereocenters. The van der Waals surface area contributed by atoms with Crippen molar-refractivity contribution in [3.63, 3.8) is 0 Å². The van der Waals surface area contributed by atoms with Crippen LogP contribution in [0, 0.1) is 0 Å². The minimum atomic E-state index is 0. The lowest BCUT2D eigenvalue weighted by Crippen LogP contribution is -2.45. The van der Waals surface area contributed by atoms with E-state index in [0.29, 0.717) is 19.6 Å². The molecule has 2 aromatic carbocycles. The zero-order chi connectivity index (χ0) is 19.8. The third-order valence-corrected chi connectivity index (χ3v) is 4.90. The van der Waals surface area contributed by atoms with Crippen molar-refractivity contribution in [1.82, 2.24) is 15.5 Å². The van der Waals surface area contributed by atoms with Crippen molar-refractivity contribution in [1.29, 1.82) is 0 Å². The van der Waals surface area contributed by atoms with Crippen molar-refractivity contribution in [2.75, 3.05) is 32.8 Å². The van der Waals surface area contributed by atoms with Gasteiger partial charge in [-0.05, 0) is 24.8 Å². The van der Waals surface area contributed by atoms with Gasteiger partial charge in [-0.2, -0.15) is 0 Å². The number of carbonyl (C=O) groups is 1. The first-order chi connectivity index (χ1) is 13.7. The zero-order valence-electron chi connectivity index (χ0n) is 17.2. The van der Waals surface area contributed by atoms with E-state index in [1.54, 1.807) is 0 Å². The molecule has 29 heavy (non-hydrogen) atoms. The minimum absolute atomic E-state index is 0. The molecule has 2 N–H and O–H groups in total. The van der Waals surface area contributed by atoms with Gasteiger partial charge in [0.1, 0.15) is 12.4 Å². The Bertz CT molecular complexity index is 822. The Labute approximate surface area is 190 Å². The highest BCUT2D eigenvalue weighted by Crippen LogP contribution is 2.24. The summed E-state index contributed by atoms with van der Waals surface area (Å²) in [5.41, 5.74) is 0. The minimum Gasteiger partial charge on any atom is -0.491 e. The third-order valence-electron chi connectivity index (χ3n) is 4.90. The first-order valence-corrected chi connectivity index (χ1v) is 10.1. The predicted molar refractivity (Wildman–Crippen MR) is 129 cm³/mol. The van der Waals surface area contributed by atoms with Gasteiger partial charge in [0.25, 0.3) is 0 Å². The molecule has 1 aliphatic heterocycles. The van der Waals surface area contributed by atoms with Crippen LogP contribution in [0.1, 0.15) is 26.7 Å². The van der Waals surface area contributed by atoms with Gasteiger partial charge < -0.3 is 20.3 Å². The van der Waals surface area contributed by atoms with E-state index in [-0.39, 0.29) is 35.9 Å². The van der Waals surface area contributed by atoms with Crippen LogP contribution in [0.15, 0.2) is 47.5 Å². The van der Waals surface area contributed by atoms with Crippen LogP contribution >= 0.6 is 24.0 Å². The number of halogens is 1. The summed E-state index contributed by atoms with van der Waals surface area (Å²) in [7, 11) is 0. The van der Waals surface area contributed by atoms with Gasteiger partial charge in [0.2, 0.25) is 5.91 Å². The van der Waals surface area contributed by atoms with Gasteiger partial charge in [-0.1, -0.05) is 43.3 Å². The van der Waals surface area contributed by atoms with E-state index >= 15 is 0 Å². The molecule has 1 aliphatic rings. The van der Waals surface area contributed by atoms with Crippen LogP contribution in [0.3, 0.4) is 0 Å². The summed E-state index contributed by atoms with van der Waals surface area (Å²) < 4.78 is 5.97. The van der Waals surface area contributed by atoms with Crippen molar-refractivity contribution in [3.8, 4) is 5.75 Å². The molecule has 6 nitrogen and oxygen atoms in total. The zero-order valence-corrected chi connectivity index (χ0v) is 19.5. The van der Waals surface area contributed by atoms with Gasteiger partial charge in [0, 0.05) is 37.5 Å². The molecule has 0 aromatic heterocycles. The van der Waals surface area contributed by atoms with E-state index in [4.69, 9.17) is 4.74 Å². The van der Waals surface area contributed by atoms with Gasteiger partial charge >= 0.3 is 0 Å². The maximum Gasteiger partial charge on any atom is 0.222 e. The van der Waals surface area contributed by atoms with Crippen LogP contribution in [-0.2, 0) is 4.79 Å². The normalized spacial score (nSPS) is 16.4. The molecule has 1 heterocycles. The van der Waals surface area contributed by atoms with Gasteiger partial charge in [-0.25, -0.2) is 4.99 Å². The standard InChI is InChI=1S/C22H30N4O2.HI/c1-3-21(27)26-14-12-18(16-26)25-22(23-4-2)24-13-15-28-20-11-7-9-17-8-5-6-10-19(17)20;/h5-11,18H,3-4,12-16H2,1-2H3,(H2,23,24,25);1H. The molecule has 0 bridgehead atoms. The number of amides is 1. The Morgan fingerprint density at radius 1 is 1.21 bits per heavy atom. The predicted octanol–water partition coefficient (Wildman–Crippen LogP) is 3.40. The van der Waals surface area contributed by atoms with Crippen molar-refractivity contribution < 1.29 is 9.53 Å². The van der Waals surface area contributed by atoms with Crippen molar-refractivity contribution in [2.24, 2.45) is 4.99 Å². The van der Waals surface area contributed by atoms with Gasteiger partial charge in [-0.3, -0.25) is 4.79 Å². The molecule has 158 valence electrons. The third kappa shape index (κ3) is 6.48. The highest BCUT2D eigenvalue weighted by atomic mass is 127. The summed E-state index contributed by atoms with van der Waals surface area (Å²) in [4.78, 5) is 18.4. The smallest absolute Gasteiger partial charge is 0.222 e. The molecule has 0 radical (unpaired) electrons. The average molecular weight is 510 g/mol. The lowest BCUT2D eigenvalue weighted by atomic mass is 10.1. The summed E-state index contributed by atoms with van der Waals surface area (Å²) in [5, 5.41) is 9.01. The van der Waals surface area contributed by atoms with Gasteiger partial charge in [0.05, 0.1) is 6.54 Å². The average Bonchev–Trinajstić information content (AvgIpc) is 3.19. The number of hydrogen-bond donors (Lipinski definition) is 2. The van der Waals surface area contributed by atoms with E-state index in [2.05, 4.69) is 33.8 Å². The second-order valence-corrected chi connectivity index (χ2v) is 6.91. The summed E-state index contributed by atoms with van der Waals surface area (Å²) in [6, 6.07) is 14.5. The van der Waals surface area contributed by atoms with Crippen LogP contribution in [0.2, 0.25) is 0 Å². The molecule has 0 aliphatic carbocycles. The van der Waals surface area contributed by atoms with E-state index in [1.807, 2.05) is 43.0 Å². The fourth-order valence-electron chi connectivity index (χ4n) is 3.48. The van der Waals surface area contributed by atoms with Crippen LogP contribution in [0.25, 0.3) is 10.8 Å². The second-order valence-electron chi connectivity index (χ2n) is 6.91. The number of guanidine groups is 1. The highest BCUT2D eigenvalue weighted by Gasteiger charge is 2.25. The molecule has 1 fully saturated rings. The first kappa shape index (κ1) is 23.3. The number of aliphatic imine (C=N–C) groups is 1. The summed E-state index contributed by atoms with van der Waals surface area (Å²) in [6.45, 7) is 7.37. The van der Waals surface area contributed by atoms with Crippen LogP contribution in [0.5, 0.6) is 5.75 Å². The number of ether oxygens (including phenoxy) is 1. The molecule has 1 unspecified atom stereocenters. The number of rotatable bonds is 7. The van der Waals surface area contributed by atoms with E-state index < -0.39 is 0 Å². The fourth-order valence-corrected chi connectivity index (χ4v) is 3.48. The topological polar surface area (TPSA) is 66.0 Å². The summed E-state index contributed by atoms with van der Waals surface area (Å²) in [6.07, 6.45) is 1.51. The molecule has 0 spiro atoms. The number of nitrogens with one attached hydrogen (secondary N) is 2. The Kier molecular flexibility index (Phi) is 9.50. The number of fused-ring (bicyclic) bond motifs is 1. The first-order valence-electron chi connectivity index (χ1n) is 10.1. The Morgan fingerprint density at radius 2 is 2.00 bits per heavy atom. The quantitative estimate of drug-likeness (QED) is 0.260. The monoisotopic (exact) mass is 510 g/mol. The SMILES string of the molecule is CCNC(=NCCOc1cccc2ccccc12)NC1CCN(C(=O)CC)C1.I. The van der Waals surface area contributed by atoms with Gasteiger partial charge in [0.15, 0.2) is 5.96 Å². The molecule has 3 rings (SSSR count). The van der Waals surface area contributed by atoms with Crippen LogP contribution in [-0.4, -0.2) is 55.6 Å². The molecular formula is C22H31IN4O2. The maximum atomic E-state index is 11.8. The summed E-state index contributed by atoms with van der Waals surface area (Å²) >= 11 is 0. The number of benzene rings is 2. The maximum absolute atomic E-state index is 11.8. The molecule has 2 aromatic rings. The largest absolute Gasteiger partial charge is 0.491 e. The summed E-state index contributed by atoms with van der Waals surface area (Å²) in [5.74, 6) is 1.88. The van der Waals surface area contributed by atoms with Crippen molar-refractivity contribution in [2.45, 2.75) is 32.7 Å². The van der Waals surface area contributed by atoms with Gasteiger partial charge in [-0.15, -0.1) is 24.0 Å². The number of nitrogens with zero attached hydrogens (tertiary/aromatic N) is 2. The molecule has 1 amide bonds. The molecule has 0 saturated carbocycles. The highest BCUT2D eigenvalue weighted by molar-refractivity contribution is 14.0. The lowest BCUT2D eigenvalue weighted by molar-refractivity contribution is -0.129. The van der Waals surface area contributed by atoms with E-state index in [9.17, 15) is 4.79 Å². The Balaban J connectivity index is 0.00000300. The van der Waals surface area contributed by atoms with Crippen molar-refractivity contribution in [3.05, 3.63) is 42.5 Å². The molecule has 1 saturated heterocycles. The van der Waals surface area contributed by atoms with Crippen LogP contribution in [0.4, 0.5) is 0 Å². The van der Waals surface area contributed by atoms with Crippen LogP contribution < -0.4 is 15.4 Å². The fraction of sp³-hybridized carbons (Fsp3) is 0.455. The number of hydrogen-bond acceptors (Lipinski definition) is 3. The van der Waals surface area contributed by atoms with Crippen molar-refractivity contribution >= 4 is 46.6 Å². The number of likely N-dealkylation sites (tertiary alicyclic amines) is 1. The van der Waals surface area contributed by atoms with E-state index in [0.717, 1.165) is 43.2 Å². The van der Waals surface area contributed by atoms with E-state index in [1.165, 1.54) is 5.39 Å². The molecular weight excluding hydrogens is 479 g/mol. The lowest BCUT2D eigenvalue weighted by Gasteiger charge is -2.18. The molecule has 7 heteroatoms. The number of carbonyl (C=O) groups excluding carboxylic acids is 1. The Hall–Kier alpha value is -2.03. The Morgan fingerprint density at radius 3 is 2.79 bits per heavy atom.